The van der Waals surface area contributed by atoms with Crippen molar-refractivity contribution in [3.05, 3.63) is 58.7 Å². The van der Waals surface area contributed by atoms with Crippen LogP contribution in [0.4, 0.5) is 13.2 Å². The standard InChI is InChI=1S/C17H15ClF3NOS/c18-12-6-4-11(5-7-12)14-10-13(8-9-23-14)24-16-3-1-2-15(22-16)17(19,20)21/h1-7,13-14H,8-10H2. The number of hydrogen-bond donors (Lipinski definition) is 0. The summed E-state index contributed by atoms with van der Waals surface area (Å²) in [6, 6.07) is 11.5. The Morgan fingerprint density at radius 1 is 1.12 bits per heavy atom. The zero-order valence-electron chi connectivity index (χ0n) is 12.6. The fraction of sp³-hybridized carbons (Fsp3) is 0.353. The van der Waals surface area contributed by atoms with E-state index in [1.165, 1.54) is 17.8 Å². The molecule has 128 valence electrons. The molecule has 24 heavy (non-hydrogen) atoms. The van der Waals surface area contributed by atoms with Crippen LogP contribution in [0.5, 0.6) is 0 Å². The monoisotopic (exact) mass is 373 g/mol. The van der Waals surface area contributed by atoms with Gasteiger partial charge < -0.3 is 4.74 Å². The van der Waals surface area contributed by atoms with E-state index in [0.29, 0.717) is 16.7 Å². The molecule has 0 N–H and O–H groups in total. The van der Waals surface area contributed by atoms with E-state index in [9.17, 15) is 13.2 Å². The smallest absolute Gasteiger partial charge is 0.373 e. The van der Waals surface area contributed by atoms with Crippen LogP contribution >= 0.6 is 23.4 Å². The van der Waals surface area contributed by atoms with Gasteiger partial charge in [0.2, 0.25) is 0 Å². The van der Waals surface area contributed by atoms with Crippen LogP contribution in [-0.2, 0) is 10.9 Å². The van der Waals surface area contributed by atoms with Gasteiger partial charge in [0.25, 0.3) is 0 Å². The summed E-state index contributed by atoms with van der Waals surface area (Å²) < 4.78 is 44.1. The molecule has 3 rings (SSSR count). The number of alkyl halides is 3. The number of nitrogens with zero attached hydrogens (tertiary/aromatic N) is 1. The van der Waals surface area contributed by atoms with Gasteiger partial charge in [0, 0.05) is 16.9 Å². The van der Waals surface area contributed by atoms with Crippen LogP contribution in [0.3, 0.4) is 0 Å². The van der Waals surface area contributed by atoms with E-state index in [-0.39, 0.29) is 11.4 Å². The fourth-order valence-electron chi connectivity index (χ4n) is 2.59. The molecule has 0 bridgehead atoms. The first-order valence-electron chi connectivity index (χ1n) is 7.50. The molecule has 2 nitrogen and oxygen atoms in total. The number of hydrogen-bond acceptors (Lipinski definition) is 3. The third-order valence-corrected chi connectivity index (χ3v) is 5.26. The van der Waals surface area contributed by atoms with Gasteiger partial charge in [-0.05, 0) is 42.7 Å². The Morgan fingerprint density at radius 3 is 2.58 bits per heavy atom. The molecule has 1 aromatic carbocycles. The molecule has 2 atom stereocenters. The maximum atomic E-state index is 12.8. The second-order valence-corrected chi connectivity index (χ2v) is 7.29. The predicted octanol–water partition coefficient (Wildman–Crippen LogP) is 5.77. The SMILES string of the molecule is FC(F)(F)c1cccc(SC2CCOC(c3ccc(Cl)cc3)C2)n1. The van der Waals surface area contributed by atoms with E-state index >= 15 is 0 Å². The molecule has 1 aliphatic heterocycles. The lowest BCUT2D eigenvalue weighted by atomic mass is 10.0. The van der Waals surface area contributed by atoms with Crippen molar-refractivity contribution in [2.75, 3.05) is 6.61 Å². The summed E-state index contributed by atoms with van der Waals surface area (Å²) in [6.07, 6.45) is -2.98. The molecule has 2 aromatic rings. The summed E-state index contributed by atoms with van der Waals surface area (Å²) in [4.78, 5) is 3.73. The second kappa shape index (κ2) is 7.33. The zero-order chi connectivity index (χ0) is 17.2. The van der Waals surface area contributed by atoms with E-state index < -0.39 is 11.9 Å². The molecule has 0 aliphatic carbocycles. The minimum Gasteiger partial charge on any atom is -0.373 e. The molecule has 1 fully saturated rings. The van der Waals surface area contributed by atoms with E-state index in [0.717, 1.165) is 24.5 Å². The summed E-state index contributed by atoms with van der Waals surface area (Å²) in [6.45, 7) is 0.573. The number of halogens is 4. The topological polar surface area (TPSA) is 22.1 Å². The Balaban J connectivity index is 1.68. The summed E-state index contributed by atoms with van der Waals surface area (Å²) in [5, 5.41) is 1.22. The lowest BCUT2D eigenvalue weighted by Crippen LogP contribution is -2.21. The van der Waals surface area contributed by atoms with Crippen LogP contribution in [0.15, 0.2) is 47.5 Å². The van der Waals surface area contributed by atoms with Gasteiger partial charge in [0.1, 0.15) is 5.69 Å². The minimum atomic E-state index is -4.42. The van der Waals surface area contributed by atoms with Crippen LogP contribution in [0, 0.1) is 0 Å². The van der Waals surface area contributed by atoms with Gasteiger partial charge in [-0.2, -0.15) is 13.2 Å². The van der Waals surface area contributed by atoms with E-state index in [1.807, 2.05) is 24.3 Å². The molecule has 2 unspecified atom stereocenters. The molecule has 7 heteroatoms. The summed E-state index contributed by atoms with van der Waals surface area (Å²) in [7, 11) is 0. The molecule has 0 spiro atoms. The summed E-state index contributed by atoms with van der Waals surface area (Å²) >= 11 is 7.27. The quantitative estimate of drug-likeness (QED) is 0.682. The first-order valence-corrected chi connectivity index (χ1v) is 8.75. The molecule has 1 aliphatic rings. The van der Waals surface area contributed by atoms with Gasteiger partial charge >= 0.3 is 6.18 Å². The molecular weight excluding hydrogens is 359 g/mol. The average molecular weight is 374 g/mol. The largest absolute Gasteiger partial charge is 0.433 e. The van der Waals surface area contributed by atoms with Gasteiger partial charge in [0.15, 0.2) is 0 Å². The van der Waals surface area contributed by atoms with Crippen molar-refractivity contribution in [2.45, 2.75) is 35.4 Å². The van der Waals surface area contributed by atoms with Gasteiger partial charge in [0.05, 0.1) is 11.1 Å². The van der Waals surface area contributed by atoms with E-state index in [2.05, 4.69) is 4.98 Å². The fourth-order valence-corrected chi connectivity index (χ4v) is 3.85. The van der Waals surface area contributed by atoms with Crippen LogP contribution in [0.25, 0.3) is 0 Å². The number of rotatable bonds is 3. The highest BCUT2D eigenvalue weighted by Gasteiger charge is 2.33. The van der Waals surface area contributed by atoms with Gasteiger partial charge in [-0.3, -0.25) is 0 Å². The van der Waals surface area contributed by atoms with Crippen molar-refractivity contribution < 1.29 is 17.9 Å². The molecule has 1 saturated heterocycles. The van der Waals surface area contributed by atoms with Crippen molar-refractivity contribution in [3.8, 4) is 0 Å². The highest BCUT2D eigenvalue weighted by molar-refractivity contribution is 7.99. The zero-order valence-corrected chi connectivity index (χ0v) is 14.2. The van der Waals surface area contributed by atoms with Crippen molar-refractivity contribution >= 4 is 23.4 Å². The Labute approximate surface area is 147 Å². The first kappa shape index (κ1) is 17.6. The molecule has 0 amide bonds. The van der Waals surface area contributed by atoms with Crippen molar-refractivity contribution in [3.63, 3.8) is 0 Å². The van der Waals surface area contributed by atoms with Crippen LogP contribution in [0.2, 0.25) is 5.02 Å². The second-order valence-electron chi connectivity index (χ2n) is 5.53. The number of aromatic nitrogens is 1. The number of pyridine rings is 1. The Kier molecular flexibility index (Phi) is 5.37. The number of benzene rings is 1. The Morgan fingerprint density at radius 2 is 1.88 bits per heavy atom. The number of ether oxygens (including phenoxy) is 1. The van der Waals surface area contributed by atoms with Crippen LogP contribution in [-0.4, -0.2) is 16.8 Å². The van der Waals surface area contributed by atoms with Gasteiger partial charge in [-0.1, -0.05) is 29.8 Å². The lowest BCUT2D eigenvalue weighted by Gasteiger charge is -2.29. The van der Waals surface area contributed by atoms with Gasteiger partial charge in [-0.25, -0.2) is 4.98 Å². The third kappa shape index (κ3) is 4.43. The maximum absolute atomic E-state index is 12.8. The third-order valence-electron chi connectivity index (χ3n) is 3.78. The normalized spacial score (nSPS) is 21.7. The highest BCUT2D eigenvalue weighted by atomic mass is 35.5. The average Bonchev–Trinajstić information content (AvgIpc) is 2.55. The minimum absolute atomic E-state index is 0.0701. The molecule has 1 aromatic heterocycles. The van der Waals surface area contributed by atoms with Gasteiger partial charge in [-0.15, -0.1) is 11.8 Å². The van der Waals surface area contributed by atoms with Crippen LogP contribution < -0.4 is 0 Å². The predicted molar refractivity (Wildman–Crippen MR) is 88.3 cm³/mol. The molecule has 2 heterocycles. The van der Waals surface area contributed by atoms with Crippen molar-refractivity contribution in [1.29, 1.82) is 0 Å². The summed E-state index contributed by atoms with van der Waals surface area (Å²) in [5.41, 5.74) is 0.176. The van der Waals surface area contributed by atoms with Crippen molar-refractivity contribution in [1.82, 2.24) is 4.98 Å². The van der Waals surface area contributed by atoms with Crippen LogP contribution in [0.1, 0.15) is 30.2 Å². The molecular formula is C17H15ClF3NOS. The Hall–Kier alpha value is -1.24. The lowest BCUT2D eigenvalue weighted by molar-refractivity contribution is -0.141. The highest BCUT2D eigenvalue weighted by Crippen LogP contribution is 2.38. The summed E-state index contributed by atoms with van der Waals surface area (Å²) in [5.74, 6) is 0. The maximum Gasteiger partial charge on any atom is 0.433 e. The molecule has 0 radical (unpaired) electrons. The molecule has 0 saturated carbocycles. The van der Waals surface area contributed by atoms with E-state index in [4.69, 9.17) is 16.3 Å². The Bertz CT molecular complexity index is 693. The number of thioether (sulfide) groups is 1. The van der Waals surface area contributed by atoms with E-state index in [1.54, 1.807) is 6.07 Å². The first-order chi connectivity index (χ1) is 11.4. The van der Waals surface area contributed by atoms with Crippen molar-refractivity contribution in [2.24, 2.45) is 0 Å².